The summed E-state index contributed by atoms with van der Waals surface area (Å²) in [6.45, 7) is 1.70. The number of carbonyl (C=O) groups is 2. The van der Waals surface area contributed by atoms with E-state index in [4.69, 9.17) is 25.8 Å². The van der Waals surface area contributed by atoms with Crippen LogP contribution in [0.5, 0.6) is 11.5 Å². The summed E-state index contributed by atoms with van der Waals surface area (Å²) in [5.74, 6) is 0.189. The van der Waals surface area contributed by atoms with Gasteiger partial charge in [0.2, 0.25) is 6.79 Å². The fourth-order valence-corrected chi connectivity index (χ4v) is 3.53. The summed E-state index contributed by atoms with van der Waals surface area (Å²) in [5.41, 5.74) is 0.678. The number of halogens is 1. The standard InChI is InChI=1S/C20H24ClNO5/c1-13(20(24)22-15-6-4-2-3-5-7-15)27-18(23)9-8-14-10-16(21)19-17(11-14)25-12-26-19/h8-11,13,15H,2-7,12H2,1H3,(H,22,24)/b9-8+/t13-/m0/s1. The number of hydrogen-bond acceptors (Lipinski definition) is 5. The van der Waals surface area contributed by atoms with Crippen molar-refractivity contribution in [3.8, 4) is 11.5 Å². The Morgan fingerprint density at radius 1 is 1.22 bits per heavy atom. The average molecular weight is 394 g/mol. The van der Waals surface area contributed by atoms with Crippen LogP contribution in [0, 0.1) is 0 Å². The molecule has 1 saturated carbocycles. The number of esters is 1. The molecule has 1 aromatic carbocycles. The lowest BCUT2D eigenvalue weighted by Gasteiger charge is -2.19. The Morgan fingerprint density at radius 2 is 1.96 bits per heavy atom. The summed E-state index contributed by atoms with van der Waals surface area (Å²) in [4.78, 5) is 24.3. The molecule has 3 rings (SSSR count). The lowest BCUT2D eigenvalue weighted by Crippen LogP contribution is -2.41. The minimum atomic E-state index is -0.842. The summed E-state index contributed by atoms with van der Waals surface area (Å²) in [6, 6.07) is 3.56. The molecule has 7 heteroatoms. The second kappa shape index (κ2) is 9.13. The molecule has 0 saturated heterocycles. The molecule has 1 atom stereocenters. The van der Waals surface area contributed by atoms with E-state index in [1.807, 2.05) is 0 Å². The largest absolute Gasteiger partial charge is 0.454 e. The summed E-state index contributed by atoms with van der Waals surface area (Å²) < 4.78 is 15.7. The maximum atomic E-state index is 12.2. The molecule has 27 heavy (non-hydrogen) atoms. The first-order valence-corrected chi connectivity index (χ1v) is 9.69. The van der Waals surface area contributed by atoms with Crippen LogP contribution in [-0.2, 0) is 14.3 Å². The molecule has 1 aliphatic carbocycles. The van der Waals surface area contributed by atoms with Crippen LogP contribution in [0.25, 0.3) is 6.08 Å². The molecule has 146 valence electrons. The summed E-state index contributed by atoms with van der Waals surface area (Å²) in [7, 11) is 0. The van der Waals surface area contributed by atoms with Gasteiger partial charge in [-0.25, -0.2) is 4.79 Å². The van der Waals surface area contributed by atoms with Crippen molar-refractivity contribution in [3.05, 3.63) is 28.8 Å². The predicted octanol–water partition coefficient (Wildman–Crippen LogP) is 3.85. The van der Waals surface area contributed by atoms with Crippen molar-refractivity contribution >= 4 is 29.6 Å². The lowest BCUT2D eigenvalue weighted by molar-refractivity contribution is -0.150. The van der Waals surface area contributed by atoms with E-state index in [0.717, 1.165) is 25.7 Å². The van der Waals surface area contributed by atoms with Gasteiger partial charge in [0.25, 0.3) is 5.91 Å². The van der Waals surface area contributed by atoms with E-state index in [9.17, 15) is 9.59 Å². The molecule has 1 fully saturated rings. The van der Waals surface area contributed by atoms with Crippen LogP contribution in [0.2, 0.25) is 5.02 Å². The van der Waals surface area contributed by atoms with E-state index in [1.165, 1.54) is 18.9 Å². The number of nitrogens with one attached hydrogen (secondary N) is 1. The molecule has 0 unspecified atom stereocenters. The maximum Gasteiger partial charge on any atom is 0.331 e. The number of carbonyl (C=O) groups excluding carboxylic acids is 2. The van der Waals surface area contributed by atoms with Crippen molar-refractivity contribution in [2.45, 2.75) is 57.6 Å². The maximum absolute atomic E-state index is 12.2. The molecule has 1 N–H and O–H groups in total. The van der Waals surface area contributed by atoms with Gasteiger partial charge >= 0.3 is 5.97 Å². The normalized spacial score (nSPS) is 18.1. The Kier molecular flexibility index (Phi) is 6.61. The Hall–Kier alpha value is -2.21. The molecule has 1 aromatic rings. The number of rotatable bonds is 5. The van der Waals surface area contributed by atoms with Crippen LogP contribution in [-0.4, -0.2) is 30.8 Å². The molecule has 0 bridgehead atoms. The van der Waals surface area contributed by atoms with Gasteiger partial charge in [0.1, 0.15) is 0 Å². The Morgan fingerprint density at radius 3 is 2.70 bits per heavy atom. The predicted molar refractivity (Wildman–Crippen MR) is 102 cm³/mol. The topological polar surface area (TPSA) is 73.9 Å². The average Bonchev–Trinajstić information content (AvgIpc) is 2.97. The number of amides is 1. The van der Waals surface area contributed by atoms with Gasteiger partial charge in [0, 0.05) is 12.1 Å². The van der Waals surface area contributed by atoms with E-state index in [1.54, 1.807) is 25.1 Å². The van der Waals surface area contributed by atoms with Crippen molar-refractivity contribution in [2.24, 2.45) is 0 Å². The van der Waals surface area contributed by atoms with Gasteiger partial charge < -0.3 is 19.5 Å². The molecular weight excluding hydrogens is 370 g/mol. The zero-order chi connectivity index (χ0) is 19.2. The SMILES string of the molecule is C[C@H](OC(=O)/C=C/c1cc(Cl)c2c(c1)OCO2)C(=O)NC1CCCCCC1. The lowest BCUT2D eigenvalue weighted by atomic mass is 10.1. The highest BCUT2D eigenvalue weighted by atomic mass is 35.5. The number of benzene rings is 1. The molecule has 1 heterocycles. The van der Waals surface area contributed by atoms with Gasteiger partial charge in [-0.1, -0.05) is 37.3 Å². The van der Waals surface area contributed by atoms with Crippen LogP contribution in [0.3, 0.4) is 0 Å². The van der Waals surface area contributed by atoms with Crippen LogP contribution >= 0.6 is 11.6 Å². The van der Waals surface area contributed by atoms with Gasteiger partial charge in [-0.05, 0) is 43.5 Å². The second-order valence-electron chi connectivity index (χ2n) is 6.85. The third-order valence-corrected chi connectivity index (χ3v) is 5.01. The van der Waals surface area contributed by atoms with Crippen molar-refractivity contribution in [3.63, 3.8) is 0 Å². The quantitative estimate of drug-likeness (QED) is 0.467. The van der Waals surface area contributed by atoms with Gasteiger partial charge in [-0.2, -0.15) is 0 Å². The second-order valence-corrected chi connectivity index (χ2v) is 7.25. The van der Waals surface area contributed by atoms with Crippen LogP contribution in [0.1, 0.15) is 51.0 Å². The minimum absolute atomic E-state index is 0.123. The Labute approximate surface area is 163 Å². The zero-order valence-electron chi connectivity index (χ0n) is 15.3. The van der Waals surface area contributed by atoms with E-state index < -0.39 is 12.1 Å². The molecule has 1 amide bonds. The van der Waals surface area contributed by atoms with Crippen LogP contribution < -0.4 is 14.8 Å². The monoisotopic (exact) mass is 393 g/mol. The Balaban J connectivity index is 1.51. The zero-order valence-corrected chi connectivity index (χ0v) is 16.1. The van der Waals surface area contributed by atoms with Crippen LogP contribution in [0.15, 0.2) is 18.2 Å². The van der Waals surface area contributed by atoms with Gasteiger partial charge in [0.05, 0.1) is 5.02 Å². The first-order chi connectivity index (χ1) is 13.0. The summed E-state index contributed by atoms with van der Waals surface area (Å²) in [5, 5.41) is 3.40. The first kappa shape index (κ1) is 19.5. The van der Waals surface area contributed by atoms with Crippen molar-refractivity contribution < 1.29 is 23.8 Å². The number of ether oxygens (including phenoxy) is 3. The summed E-state index contributed by atoms with van der Waals surface area (Å²) >= 11 is 6.11. The van der Waals surface area contributed by atoms with Crippen molar-refractivity contribution in [1.82, 2.24) is 5.32 Å². The highest BCUT2D eigenvalue weighted by molar-refractivity contribution is 6.32. The number of fused-ring (bicyclic) bond motifs is 1. The Bertz CT molecular complexity index is 725. The highest BCUT2D eigenvalue weighted by Gasteiger charge is 2.21. The van der Waals surface area contributed by atoms with Gasteiger partial charge in [-0.15, -0.1) is 0 Å². The summed E-state index contributed by atoms with van der Waals surface area (Å²) in [6.07, 6.45) is 8.63. The van der Waals surface area contributed by atoms with E-state index >= 15 is 0 Å². The third kappa shape index (κ3) is 5.39. The first-order valence-electron chi connectivity index (χ1n) is 9.31. The van der Waals surface area contributed by atoms with E-state index in [-0.39, 0.29) is 18.7 Å². The van der Waals surface area contributed by atoms with Crippen molar-refractivity contribution in [1.29, 1.82) is 0 Å². The minimum Gasteiger partial charge on any atom is -0.454 e. The van der Waals surface area contributed by atoms with E-state index in [0.29, 0.717) is 22.1 Å². The smallest absolute Gasteiger partial charge is 0.331 e. The molecule has 1 aliphatic heterocycles. The fourth-order valence-electron chi connectivity index (χ4n) is 3.26. The van der Waals surface area contributed by atoms with Gasteiger partial charge in [-0.3, -0.25) is 4.79 Å². The molecule has 6 nitrogen and oxygen atoms in total. The van der Waals surface area contributed by atoms with Crippen molar-refractivity contribution in [2.75, 3.05) is 6.79 Å². The number of hydrogen-bond donors (Lipinski definition) is 1. The molecule has 0 aromatic heterocycles. The molecule has 0 radical (unpaired) electrons. The molecule has 0 spiro atoms. The van der Waals surface area contributed by atoms with Gasteiger partial charge in [0.15, 0.2) is 17.6 Å². The highest BCUT2D eigenvalue weighted by Crippen LogP contribution is 2.40. The third-order valence-electron chi connectivity index (χ3n) is 4.73. The molecule has 2 aliphatic rings. The fraction of sp³-hybridized carbons (Fsp3) is 0.500. The van der Waals surface area contributed by atoms with E-state index in [2.05, 4.69) is 5.32 Å². The van der Waals surface area contributed by atoms with Crippen LogP contribution in [0.4, 0.5) is 0 Å². The molecular formula is C20H24ClNO5.